The second-order valence-electron chi connectivity index (χ2n) is 4.76. The van der Waals surface area contributed by atoms with Crippen molar-refractivity contribution >= 4 is 14.1 Å². The lowest BCUT2D eigenvalue weighted by atomic mass is 10.0. The molecule has 0 aromatic rings. The molecule has 0 spiro atoms. The predicted octanol–water partition coefficient (Wildman–Crippen LogP) is 1.89. The van der Waals surface area contributed by atoms with Crippen LogP contribution in [0, 0.1) is 5.92 Å². The molecule has 1 rings (SSSR count). The van der Waals surface area contributed by atoms with Gasteiger partial charge in [0.15, 0.2) is 0 Å². The second-order valence-corrected chi connectivity index (χ2v) is 8.88. The van der Waals surface area contributed by atoms with Crippen LogP contribution in [0.5, 0.6) is 0 Å². The van der Waals surface area contributed by atoms with Gasteiger partial charge in [0.25, 0.3) is 0 Å². The second kappa shape index (κ2) is 5.77. The van der Waals surface area contributed by atoms with Crippen LogP contribution in [0.4, 0.5) is 0 Å². The van der Waals surface area contributed by atoms with Crippen LogP contribution >= 0.6 is 0 Å². The van der Waals surface area contributed by atoms with Crippen molar-refractivity contribution in [3.8, 4) is 0 Å². The maximum atomic E-state index is 11.8. The van der Waals surface area contributed by atoms with Gasteiger partial charge in [-0.2, -0.15) is 0 Å². The fraction of sp³-hybridized carbons (Fsp3) is 0.909. The third-order valence-corrected chi connectivity index (χ3v) is 6.50. The Hall–Kier alpha value is -0.193. The van der Waals surface area contributed by atoms with E-state index in [0.29, 0.717) is 18.1 Å². The molecule has 0 heterocycles. The lowest BCUT2D eigenvalue weighted by Gasteiger charge is -2.22. The molecule has 4 heteroatoms. The molecule has 15 heavy (non-hydrogen) atoms. The summed E-state index contributed by atoms with van der Waals surface area (Å²) in [6.45, 7) is 1.98. The van der Waals surface area contributed by atoms with Gasteiger partial charge in [0, 0.05) is 19.4 Å². The Labute approximate surface area is 93.0 Å². The van der Waals surface area contributed by atoms with Crippen LogP contribution in [-0.4, -0.2) is 32.5 Å². The van der Waals surface area contributed by atoms with Crippen molar-refractivity contribution in [1.29, 1.82) is 0 Å². The number of hydrogen-bond donors (Lipinski definition) is 1. The minimum Gasteiger partial charge on any atom is -0.418 e. The third-order valence-electron chi connectivity index (χ3n) is 3.54. The Bertz CT molecular complexity index is 208. The van der Waals surface area contributed by atoms with Crippen LogP contribution < -0.4 is 0 Å². The Kier molecular flexibility index (Phi) is 4.95. The highest BCUT2D eigenvalue weighted by Gasteiger charge is 2.30. The van der Waals surface area contributed by atoms with Gasteiger partial charge in [-0.25, -0.2) is 0 Å². The number of aliphatic hydroxyl groups excluding tert-OH is 1. The van der Waals surface area contributed by atoms with E-state index in [1.165, 1.54) is 12.8 Å². The molecule has 0 amide bonds. The topological polar surface area (TPSA) is 46.5 Å². The molecular formula is C11H22O3Si. The van der Waals surface area contributed by atoms with E-state index in [-0.39, 0.29) is 6.23 Å². The van der Waals surface area contributed by atoms with Crippen molar-refractivity contribution in [2.75, 3.05) is 13.3 Å². The largest absolute Gasteiger partial charge is 0.418 e. The molecule has 1 atom stereocenters. The summed E-state index contributed by atoms with van der Waals surface area (Å²) in [7, 11) is -0.335. The van der Waals surface area contributed by atoms with Crippen molar-refractivity contribution in [2.45, 2.75) is 44.7 Å². The number of carbonyl (C=O) groups is 1. The van der Waals surface area contributed by atoms with Crippen molar-refractivity contribution in [3.05, 3.63) is 0 Å². The third kappa shape index (κ3) is 3.70. The zero-order valence-corrected chi connectivity index (χ0v) is 10.8. The molecule has 1 unspecified atom stereocenters. The van der Waals surface area contributed by atoms with Crippen LogP contribution in [-0.2, 0) is 9.22 Å². The first-order chi connectivity index (χ1) is 7.11. The molecule has 1 saturated carbocycles. The zero-order chi connectivity index (χ0) is 11.3. The highest BCUT2D eigenvalue weighted by atomic mass is 28.4. The molecule has 1 aliphatic rings. The fourth-order valence-electron chi connectivity index (χ4n) is 2.09. The first kappa shape index (κ1) is 12.9. The minimum absolute atomic E-state index is 0.113. The number of Topliss-reactive ketones (excluding diaryl/α,β-unsaturated/α-hetero) is 1. The summed E-state index contributed by atoms with van der Waals surface area (Å²) in [5.74, 6) is 0.690. The molecule has 0 bridgehead atoms. The maximum Gasteiger partial charge on any atom is 0.214 e. The average molecular weight is 230 g/mol. The number of rotatable bonds is 6. The molecule has 1 N–H and O–H groups in total. The Morgan fingerprint density at radius 2 is 2.07 bits per heavy atom. The molecule has 0 saturated heterocycles. The van der Waals surface area contributed by atoms with E-state index in [0.717, 1.165) is 18.9 Å². The standard InChI is InChI=1S/C11H22O3Si/c1-14-15(2,9-12)8-7-11(13)10-5-3-4-6-10/h10,12H,3-9H2,1-2H3. The zero-order valence-electron chi connectivity index (χ0n) is 9.79. The highest BCUT2D eigenvalue weighted by Crippen LogP contribution is 2.27. The number of hydrogen-bond acceptors (Lipinski definition) is 3. The van der Waals surface area contributed by atoms with Crippen molar-refractivity contribution < 1.29 is 14.3 Å². The Morgan fingerprint density at radius 1 is 1.47 bits per heavy atom. The average Bonchev–Trinajstić information content (AvgIpc) is 2.79. The molecule has 0 radical (unpaired) electrons. The fourth-order valence-corrected chi connectivity index (χ4v) is 3.35. The quantitative estimate of drug-likeness (QED) is 0.709. The number of aliphatic hydroxyl groups is 1. The molecule has 1 fully saturated rings. The van der Waals surface area contributed by atoms with Crippen LogP contribution in [0.2, 0.25) is 12.6 Å². The number of carbonyl (C=O) groups excluding carboxylic acids is 1. The van der Waals surface area contributed by atoms with E-state index in [4.69, 9.17) is 4.43 Å². The number of ketones is 1. The molecule has 1 aliphatic carbocycles. The van der Waals surface area contributed by atoms with Gasteiger partial charge in [-0.1, -0.05) is 12.8 Å². The lowest BCUT2D eigenvalue weighted by Crippen LogP contribution is -2.38. The highest BCUT2D eigenvalue weighted by molar-refractivity contribution is 6.72. The summed E-state index contributed by atoms with van der Waals surface area (Å²) in [5, 5.41) is 9.19. The van der Waals surface area contributed by atoms with Crippen LogP contribution in [0.3, 0.4) is 0 Å². The van der Waals surface area contributed by atoms with Crippen molar-refractivity contribution in [1.82, 2.24) is 0 Å². The molecular weight excluding hydrogens is 208 g/mol. The van der Waals surface area contributed by atoms with Crippen LogP contribution in [0.15, 0.2) is 0 Å². The van der Waals surface area contributed by atoms with Crippen molar-refractivity contribution in [2.24, 2.45) is 5.92 Å². The van der Waals surface area contributed by atoms with E-state index < -0.39 is 8.32 Å². The minimum atomic E-state index is -1.98. The lowest BCUT2D eigenvalue weighted by molar-refractivity contribution is -0.122. The SMILES string of the molecule is CO[Si](C)(CO)CCC(=O)C1CCCC1. The van der Waals surface area contributed by atoms with Gasteiger partial charge in [-0.3, -0.25) is 4.79 Å². The first-order valence-electron chi connectivity index (χ1n) is 5.80. The maximum absolute atomic E-state index is 11.8. The van der Waals surface area contributed by atoms with E-state index >= 15 is 0 Å². The van der Waals surface area contributed by atoms with Gasteiger partial charge in [-0.05, 0) is 25.4 Å². The molecule has 0 aromatic heterocycles. The molecule has 0 aromatic carbocycles. The Balaban J connectivity index is 2.32. The monoisotopic (exact) mass is 230 g/mol. The predicted molar refractivity (Wildman–Crippen MR) is 62.1 cm³/mol. The van der Waals surface area contributed by atoms with Gasteiger partial charge in [-0.15, -0.1) is 0 Å². The van der Waals surface area contributed by atoms with Gasteiger partial charge < -0.3 is 9.53 Å². The van der Waals surface area contributed by atoms with E-state index in [1.54, 1.807) is 7.11 Å². The van der Waals surface area contributed by atoms with Crippen molar-refractivity contribution in [3.63, 3.8) is 0 Å². The smallest absolute Gasteiger partial charge is 0.214 e. The summed E-state index contributed by atoms with van der Waals surface area (Å²) in [6, 6.07) is 0.759. The van der Waals surface area contributed by atoms with Gasteiger partial charge in [0.05, 0.1) is 6.23 Å². The van der Waals surface area contributed by atoms with Crippen LogP contribution in [0.1, 0.15) is 32.1 Å². The summed E-state index contributed by atoms with van der Waals surface area (Å²) in [5.41, 5.74) is 0. The summed E-state index contributed by atoms with van der Waals surface area (Å²) < 4.78 is 5.34. The van der Waals surface area contributed by atoms with Gasteiger partial charge in [0.2, 0.25) is 8.32 Å². The summed E-state index contributed by atoms with van der Waals surface area (Å²) >= 11 is 0. The van der Waals surface area contributed by atoms with Crippen LogP contribution in [0.25, 0.3) is 0 Å². The molecule has 88 valence electrons. The van der Waals surface area contributed by atoms with Gasteiger partial charge in [0.1, 0.15) is 5.78 Å². The Morgan fingerprint density at radius 3 is 2.53 bits per heavy atom. The molecule has 0 aliphatic heterocycles. The summed E-state index contributed by atoms with van der Waals surface area (Å²) in [6.07, 6.45) is 5.26. The first-order valence-corrected chi connectivity index (χ1v) is 8.62. The van der Waals surface area contributed by atoms with E-state index in [1.807, 2.05) is 6.55 Å². The summed E-state index contributed by atoms with van der Waals surface area (Å²) in [4.78, 5) is 11.8. The van der Waals surface area contributed by atoms with E-state index in [2.05, 4.69) is 0 Å². The van der Waals surface area contributed by atoms with E-state index in [9.17, 15) is 9.90 Å². The normalized spacial score (nSPS) is 21.5. The molecule has 3 nitrogen and oxygen atoms in total. The van der Waals surface area contributed by atoms with Gasteiger partial charge >= 0.3 is 0 Å².